The van der Waals surface area contributed by atoms with Gasteiger partial charge in [-0.05, 0) is 34.7 Å². The summed E-state index contributed by atoms with van der Waals surface area (Å²) in [5.74, 6) is -1.68. The van der Waals surface area contributed by atoms with E-state index in [9.17, 15) is 25.0 Å². The molecule has 0 bridgehead atoms. The Morgan fingerprint density at radius 3 is 2.27 bits per heavy atom. The van der Waals surface area contributed by atoms with Crippen molar-refractivity contribution in [1.29, 1.82) is 0 Å². The molecule has 0 saturated heterocycles. The van der Waals surface area contributed by atoms with Crippen LogP contribution < -0.4 is 5.32 Å². The van der Waals surface area contributed by atoms with Crippen molar-refractivity contribution in [2.75, 3.05) is 0 Å². The van der Waals surface area contributed by atoms with Gasteiger partial charge in [-0.1, -0.05) is 73.3 Å². The third-order valence-electron chi connectivity index (χ3n) is 6.66. The number of nitrogens with one attached hydrogen (secondary N) is 1. The molecule has 1 heterocycles. The maximum atomic E-state index is 12.8. The second-order valence-electron chi connectivity index (χ2n) is 9.10. The summed E-state index contributed by atoms with van der Waals surface area (Å²) < 4.78 is 0. The summed E-state index contributed by atoms with van der Waals surface area (Å²) in [5, 5.41) is 39.0. The molecule has 4 rings (SSSR count). The number of nitrogens with zero attached hydrogens (tertiary/aromatic N) is 3. The number of carbonyl (C=O) groups excluding carboxylic acids is 1. The van der Waals surface area contributed by atoms with Crippen LogP contribution in [0.15, 0.2) is 60.8 Å². The zero-order valence-electron chi connectivity index (χ0n) is 18.3. The molecule has 2 unspecified atom stereocenters. The van der Waals surface area contributed by atoms with Gasteiger partial charge in [0.25, 0.3) is 5.91 Å². The van der Waals surface area contributed by atoms with Crippen LogP contribution in [0.1, 0.15) is 42.7 Å². The van der Waals surface area contributed by atoms with E-state index in [1.165, 1.54) is 0 Å². The van der Waals surface area contributed by atoms with Crippen molar-refractivity contribution in [3.8, 4) is 11.1 Å². The van der Waals surface area contributed by atoms with E-state index in [0.29, 0.717) is 4.85 Å². The fourth-order valence-electron chi connectivity index (χ4n) is 4.19. The Morgan fingerprint density at radius 2 is 1.76 bits per heavy atom. The van der Waals surface area contributed by atoms with Gasteiger partial charge in [-0.15, -0.1) is 5.10 Å². The number of aliphatic hydroxyl groups excluding tert-OH is 1. The lowest BCUT2D eigenvalue weighted by molar-refractivity contribution is -0.145. The van der Waals surface area contributed by atoms with Gasteiger partial charge in [0.2, 0.25) is 0 Å². The maximum Gasteiger partial charge on any atom is 0.312 e. The Kier molecular flexibility index (Phi) is 5.67. The van der Waals surface area contributed by atoms with Crippen molar-refractivity contribution >= 4 is 11.9 Å². The molecule has 33 heavy (non-hydrogen) atoms. The molecule has 0 aliphatic heterocycles. The van der Waals surface area contributed by atoms with Crippen molar-refractivity contribution in [1.82, 2.24) is 20.5 Å². The molecule has 9 nitrogen and oxygen atoms in total. The molecule has 1 fully saturated rings. The number of hydrogen-bond donors (Lipinski definition) is 4. The Hall–Kier alpha value is -3.72. The van der Waals surface area contributed by atoms with Crippen molar-refractivity contribution in [3.05, 3.63) is 72.1 Å². The summed E-state index contributed by atoms with van der Waals surface area (Å²) in [6.45, 7) is 3.84. The highest BCUT2D eigenvalue weighted by Gasteiger charge is 2.62. The molecule has 4 N–H and O–H groups in total. The molecule has 9 heteroatoms. The van der Waals surface area contributed by atoms with Gasteiger partial charge in [0.05, 0.1) is 17.7 Å². The van der Waals surface area contributed by atoms with Crippen LogP contribution in [0, 0.1) is 5.41 Å². The molecule has 3 aromatic rings. The summed E-state index contributed by atoms with van der Waals surface area (Å²) in [6, 6.07) is 17.2. The zero-order chi connectivity index (χ0) is 23.8. The number of aliphatic hydroxyl groups is 1. The van der Waals surface area contributed by atoms with E-state index in [-0.39, 0.29) is 18.5 Å². The van der Waals surface area contributed by atoms with E-state index in [0.717, 1.165) is 22.9 Å². The minimum atomic E-state index is -1.31. The van der Waals surface area contributed by atoms with Crippen molar-refractivity contribution in [3.63, 3.8) is 0 Å². The molecule has 172 valence electrons. The number of carbonyl (C=O) groups is 2. The van der Waals surface area contributed by atoms with Crippen LogP contribution in [0.25, 0.3) is 11.1 Å². The molecule has 0 radical (unpaired) electrons. The third-order valence-corrected chi connectivity index (χ3v) is 6.66. The highest BCUT2D eigenvalue weighted by atomic mass is 16.5. The second-order valence-corrected chi connectivity index (χ2v) is 9.10. The SMILES string of the molecule is CC(C)(c1ccc(-c2ccccc2)cc1)[C@H](CC1(C(=O)O)CC1O)NC(=O)c1cn(O)nn1. The summed E-state index contributed by atoms with van der Waals surface area (Å²) >= 11 is 0. The summed E-state index contributed by atoms with van der Waals surface area (Å²) in [6.07, 6.45) is 0.261. The van der Waals surface area contributed by atoms with E-state index in [2.05, 4.69) is 15.6 Å². The van der Waals surface area contributed by atoms with Gasteiger partial charge in [0.15, 0.2) is 5.69 Å². The average Bonchev–Trinajstić information content (AvgIpc) is 3.25. The second kappa shape index (κ2) is 8.32. The number of aliphatic carboxylic acids is 1. The van der Waals surface area contributed by atoms with Crippen LogP contribution >= 0.6 is 0 Å². The van der Waals surface area contributed by atoms with Gasteiger partial charge in [-0.2, -0.15) is 0 Å². The summed E-state index contributed by atoms with van der Waals surface area (Å²) in [4.78, 5) is 25.1. The van der Waals surface area contributed by atoms with Gasteiger partial charge in [0.1, 0.15) is 0 Å². The number of amides is 1. The highest BCUT2D eigenvalue weighted by molar-refractivity contribution is 5.92. The fourth-order valence-corrected chi connectivity index (χ4v) is 4.19. The predicted molar refractivity (Wildman–Crippen MR) is 119 cm³/mol. The molecular formula is C24H26N4O5. The first-order chi connectivity index (χ1) is 15.6. The number of rotatable bonds is 8. The Morgan fingerprint density at radius 1 is 1.15 bits per heavy atom. The Balaban J connectivity index is 1.64. The smallest absolute Gasteiger partial charge is 0.312 e. The first-order valence-corrected chi connectivity index (χ1v) is 10.6. The van der Waals surface area contributed by atoms with Crippen LogP contribution in [-0.2, 0) is 10.2 Å². The Bertz CT molecular complexity index is 1160. The minimum Gasteiger partial charge on any atom is -0.481 e. The van der Waals surface area contributed by atoms with Gasteiger partial charge in [0, 0.05) is 11.5 Å². The topological polar surface area (TPSA) is 138 Å². The number of benzene rings is 2. The van der Waals surface area contributed by atoms with E-state index in [1.54, 1.807) is 0 Å². The molecule has 0 spiro atoms. The molecule has 1 amide bonds. The normalized spacial score (nSPS) is 20.8. The van der Waals surface area contributed by atoms with Crippen LogP contribution in [0.4, 0.5) is 0 Å². The average molecular weight is 450 g/mol. The van der Waals surface area contributed by atoms with Crippen LogP contribution in [0.5, 0.6) is 0 Å². The monoisotopic (exact) mass is 450 g/mol. The fraction of sp³-hybridized carbons (Fsp3) is 0.333. The standard InChI is InChI=1S/C24H26N4O5/c1-23(2,17-10-8-16(9-11-17)15-6-4-3-5-7-15)19(12-24(22(31)32)13-20(24)29)25-21(30)18-14-28(33)27-26-18/h3-11,14,19-20,29,33H,12-13H2,1-2H3,(H,25,30)(H,31,32)/t19-,20?,24?/m0/s1. The number of aromatic nitrogens is 3. The Labute approximate surface area is 190 Å². The first kappa shape index (κ1) is 22.5. The zero-order valence-corrected chi connectivity index (χ0v) is 18.3. The van der Waals surface area contributed by atoms with Gasteiger partial charge in [-0.3, -0.25) is 9.59 Å². The largest absolute Gasteiger partial charge is 0.481 e. The maximum absolute atomic E-state index is 12.8. The van der Waals surface area contributed by atoms with E-state index < -0.39 is 34.9 Å². The molecule has 1 aliphatic carbocycles. The predicted octanol–water partition coefficient (Wildman–Crippen LogP) is 2.48. The van der Waals surface area contributed by atoms with Crippen LogP contribution in [0.2, 0.25) is 0 Å². The molecule has 1 aromatic heterocycles. The summed E-state index contributed by atoms with van der Waals surface area (Å²) in [5.41, 5.74) is 0.908. The van der Waals surface area contributed by atoms with Gasteiger partial charge < -0.3 is 20.7 Å². The lowest BCUT2D eigenvalue weighted by Crippen LogP contribution is -2.50. The molecule has 2 aromatic carbocycles. The van der Waals surface area contributed by atoms with Crippen LogP contribution in [0.3, 0.4) is 0 Å². The lowest BCUT2D eigenvalue weighted by atomic mass is 9.73. The lowest BCUT2D eigenvalue weighted by Gasteiger charge is -2.37. The van der Waals surface area contributed by atoms with E-state index in [4.69, 9.17) is 0 Å². The first-order valence-electron chi connectivity index (χ1n) is 10.6. The van der Waals surface area contributed by atoms with E-state index >= 15 is 0 Å². The van der Waals surface area contributed by atoms with Gasteiger partial charge >= 0.3 is 5.97 Å². The van der Waals surface area contributed by atoms with Crippen molar-refractivity contribution in [2.45, 2.75) is 44.2 Å². The van der Waals surface area contributed by atoms with E-state index in [1.807, 2.05) is 68.4 Å². The third kappa shape index (κ3) is 4.31. The number of hydrogen-bond acceptors (Lipinski definition) is 6. The number of carboxylic acid groups (broad SMARTS) is 1. The van der Waals surface area contributed by atoms with Gasteiger partial charge in [-0.25, -0.2) is 0 Å². The molecule has 1 saturated carbocycles. The number of carboxylic acids is 1. The quantitative estimate of drug-likeness (QED) is 0.387. The molecular weight excluding hydrogens is 424 g/mol. The van der Waals surface area contributed by atoms with Crippen molar-refractivity contribution in [2.24, 2.45) is 5.41 Å². The highest BCUT2D eigenvalue weighted by Crippen LogP contribution is 2.52. The van der Waals surface area contributed by atoms with Crippen molar-refractivity contribution < 1.29 is 25.0 Å². The molecule has 3 atom stereocenters. The summed E-state index contributed by atoms with van der Waals surface area (Å²) in [7, 11) is 0. The minimum absolute atomic E-state index is 0.0376. The van der Waals surface area contributed by atoms with Crippen LogP contribution in [-0.4, -0.2) is 54.6 Å². The molecule has 1 aliphatic rings.